The monoisotopic (exact) mass is 375 g/mol. The average Bonchev–Trinajstić information content (AvgIpc) is 2.72. The minimum absolute atomic E-state index is 0.277. The molecule has 0 radical (unpaired) electrons. The molecule has 1 aromatic rings. The van der Waals surface area contributed by atoms with Crippen LogP contribution >= 0.6 is 0 Å². The van der Waals surface area contributed by atoms with Gasteiger partial charge < -0.3 is 20.3 Å². The molecule has 1 aliphatic heterocycles. The Labute approximate surface area is 164 Å². The molecular weight excluding hydrogens is 338 g/mol. The van der Waals surface area contributed by atoms with Crippen molar-refractivity contribution >= 4 is 0 Å². The molecule has 0 unspecified atom stereocenters. The van der Waals surface area contributed by atoms with Crippen molar-refractivity contribution in [1.82, 2.24) is 0 Å². The highest BCUT2D eigenvalue weighted by molar-refractivity contribution is 5.36. The molecule has 4 heteroatoms. The summed E-state index contributed by atoms with van der Waals surface area (Å²) in [5.74, 6) is 1.76. The van der Waals surface area contributed by atoms with Gasteiger partial charge in [0.2, 0.25) is 0 Å². The zero-order chi connectivity index (χ0) is 18.9. The van der Waals surface area contributed by atoms with Crippen LogP contribution < -0.4 is 5.73 Å². The molecule has 0 saturated carbocycles. The zero-order valence-electron chi connectivity index (χ0n) is 16.7. The molecule has 3 rings (SSSR count). The minimum Gasteiger partial charge on any atom is -0.396 e. The first kappa shape index (κ1) is 20.8. The summed E-state index contributed by atoms with van der Waals surface area (Å²) >= 11 is 0. The molecule has 27 heavy (non-hydrogen) atoms. The van der Waals surface area contributed by atoms with Gasteiger partial charge in [-0.2, -0.15) is 0 Å². The lowest BCUT2D eigenvalue weighted by Gasteiger charge is -2.27. The van der Waals surface area contributed by atoms with E-state index in [9.17, 15) is 0 Å². The normalized spacial score (nSPS) is 21.8. The van der Waals surface area contributed by atoms with E-state index in [1.165, 1.54) is 23.1 Å². The molecular formula is C23H37NO3. The van der Waals surface area contributed by atoms with E-state index in [-0.39, 0.29) is 6.61 Å². The second-order valence-corrected chi connectivity index (χ2v) is 8.38. The smallest absolute Gasteiger partial charge is 0.0497 e. The number of ether oxygens (including phenoxy) is 2. The molecule has 2 aliphatic rings. The first-order valence-corrected chi connectivity index (χ1v) is 10.9. The van der Waals surface area contributed by atoms with E-state index >= 15 is 0 Å². The Balaban J connectivity index is 1.47. The van der Waals surface area contributed by atoms with E-state index < -0.39 is 0 Å². The van der Waals surface area contributed by atoms with Crippen LogP contribution in [-0.2, 0) is 22.3 Å². The highest BCUT2D eigenvalue weighted by Crippen LogP contribution is 2.30. The second-order valence-electron chi connectivity index (χ2n) is 8.38. The molecule has 1 aliphatic carbocycles. The van der Waals surface area contributed by atoms with E-state index in [2.05, 4.69) is 18.2 Å². The molecule has 0 bridgehead atoms. The fraction of sp³-hybridized carbons (Fsp3) is 0.739. The molecule has 4 nitrogen and oxygen atoms in total. The van der Waals surface area contributed by atoms with Gasteiger partial charge in [0, 0.05) is 33.0 Å². The lowest BCUT2D eigenvalue weighted by atomic mass is 9.81. The summed E-state index contributed by atoms with van der Waals surface area (Å²) in [6, 6.07) is 7.00. The van der Waals surface area contributed by atoms with Gasteiger partial charge in [0.15, 0.2) is 0 Å². The van der Waals surface area contributed by atoms with Gasteiger partial charge in [0.1, 0.15) is 0 Å². The number of hydrogen-bond acceptors (Lipinski definition) is 4. The number of benzene rings is 1. The van der Waals surface area contributed by atoms with Crippen LogP contribution in [0.5, 0.6) is 0 Å². The van der Waals surface area contributed by atoms with Crippen molar-refractivity contribution in [3.05, 3.63) is 34.9 Å². The fourth-order valence-electron chi connectivity index (χ4n) is 4.48. The van der Waals surface area contributed by atoms with Crippen molar-refractivity contribution in [2.24, 2.45) is 17.6 Å². The van der Waals surface area contributed by atoms with Crippen LogP contribution in [0.25, 0.3) is 0 Å². The Morgan fingerprint density at radius 1 is 1.07 bits per heavy atom. The van der Waals surface area contributed by atoms with Crippen molar-refractivity contribution in [2.75, 3.05) is 39.6 Å². The van der Waals surface area contributed by atoms with E-state index in [1.54, 1.807) is 0 Å². The van der Waals surface area contributed by atoms with Crippen LogP contribution in [0.3, 0.4) is 0 Å². The summed E-state index contributed by atoms with van der Waals surface area (Å²) in [7, 11) is 0. The van der Waals surface area contributed by atoms with E-state index in [1.807, 2.05) is 0 Å². The second kappa shape index (κ2) is 11.2. The average molecular weight is 376 g/mol. The quantitative estimate of drug-likeness (QED) is 0.615. The highest BCUT2D eigenvalue weighted by Gasteiger charge is 2.21. The Kier molecular flexibility index (Phi) is 8.59. The Bertz CT molecular complexity index is 557. The maximum atomic E-state index is 8.99. The topological polar surface area (TPSA) is 64.7 Å². The third-order valence-corrected chi connectivity index (χ3v) is 6.33. The lowest BCUT2D eigenvalue weighted by Crippen LogP contribution is -2.24. The molecule has 0 spiro atoms. The van der Waals surface area contributed by atoms with Crippen LogP contribution in [0, 0.1) is 11.8 Å². The van der Waals surface area contributed by atoms with Crippen molar-refractivity contribution < 1.29 is 14.6 Å². The number of hydrogen-bond donors (Lipinski definition) is 2. The summed E-state index contributed by atoms with van der Waals surface area (Å²) in [6.07, 6.45) is 8.80. The summed E-state index contributed by atoms with van der Waals surface area (Å²) in [4.78, 5) is 0. The number of aliphatic hydroxyl groups excluding tert-OH is 1. The fourth-order valence-corrected chi connectivity index (χ4v) is 4.48. The molecule has 0 amide bonds. The van der Waals surface area contributed by atoms with Gasteiger partial charge in [0.05, 0.1) is 0 Å². The Morgan fingerprint density at radius 2 is 1.89 bits per heavy atom. The lowest BCUT2D eigenvalue weighted by molar-refractivity contribution is 0.0101. The van der Waals surface area contributed by atoms with Crippen molar-refractivity contribution in [2.45, 2.75) is 57.3 Å². The first-order valence-electron chi connectivity index (χ1n) is 10.9. The minimum atomic E-state index is 0.277. The van der Waals surface area contributed by atoms with Crippen LogP contribution in [0.4, 0.5) is 0 Å². The molecule has 152 valence electrons. The summed E-state index contributed by atoms with van der Waals surface area (Å²) in [5.41, 5.74) is 10.4. The molecule has 1 saturated heterocycles. The molecule has 1 aromatic carbocycles. The van der Waals surface area contributed by atoms with Crippen LogP contribution in [-0.4, -0.2) is 44.7 Å². The van der Waals surface area contributed by atoms with Crippen molar-refractivity contribution in [1.29, 1.82) is 0 Å². The van der Waals surface area contributed by atoms with Gasteiger partial charge in [-0.25, -0.2) is 0 Å². The highest BCUT2D eigenvalue weighted by atomic mass is 16.5. The summed E-state index contributed by atoms with van der Waals surface area (Å²) in [6.45, 7) is 4.56. The third kappa shape index (κ3) is 6.28. The van der Waals surface area contributed by atoms with Gasteiger partial charge in [-0.05, 0) is 85.9 Å². The zero-order valence-corrected chi connectivity index (χ0v) is 16.7. The van der Waals surface area contributed by atoms with Gasteiger partial charge >= 0.3 is 0 Å². The van der Waals surface area contributed by atoms with Gasteiger partial charge in [-0.3, -0.25) is 0 Å². The maximum absolute atomic E-state index is 8.99. The van der Waals surface area contributed by atoms with Gasteiger partial charge in [0.25, 0.3) is 0 Å². The predicted octanol–water partition coefficient (Wildman–Crippen LogP) is 3.44. The molecule has 1 heterocycles. The molecule has 1 fully saturated rings. The predicted molar refractivity (Wildman–Crippen MR) is 109 cm³/mol. The van der Waals surface area contributed by atoms with E-state index in [0.29, 0.717) is 24.3 Å². The summed E-state index contributed by atoms with van der Waals surface area (Å²) < 4.78 is 11.5. The number of nitrogens with two attached hydrogens (primary N) is 1. The summed E-state index contributed by atoms with van der Waals surface area (Å²) in [5, 5.41) is 8.99. The standard InChI is InChI=1S/C23H37NO3/c24-15-23(3-1-2-10-25)22-7-6-20-13-19(4-5-21(20)14-22)17-27-16-18-8-11-26-12-9-18/h6-7,14,18-19,23,25H,1-5,8-13,15-17,24H2/t19-,23+/m1/s1. The van der Waals surface area contributed by atoms with E-state index in [0.717, 1.165) is 71.4 Å². The first-order chi connectivity index (χ1) is 13.3. The van der Waals surface area contributed by atoms with Crippen LogP contribution in [0.15, 0.2) is 18.2 Å². The van der Waals surface area contributed by atoms with Crippen LogP contribution in [0.1, 0.15) is 61.1 Å². The Hall–Kier alpha value is -0.940. The molecule has 0 aromatic heterocycles. The largest absolute Gasteiger partial charge is 0.396 e. The molecule has 3 N–H and O–H groups in total. The number of aryl methyl sites for hydroxylation is 1. The number of rotatable bonds is 10. The van der Waals surface area contributed by atoms with Crippen LogP contribution in [0.2, 0.25) is 0 Å². The number of aliphatic hydroxyl groups is 1. The van der Waals surface area contributed by atoms with Gasteiger partial charge in [-0.15, -0.1) is 0 Å². The van der Waals surface area contributed by atoms with E-state index in [4.69, 9.17) is 20.3 Å². The molecule has 2 atom stereocenters. The number of fused-ring (bicyclic) bond motifs is 1. The maximum Gasteiger partial charge on any atom is 0.0497 e. The number of unbranched alkanes of at least 4 members (excludes halogenated alkanes) is 1. The van der Waals surface area contributed by atoms with Gasteiger partial charge in [-0.1, -0.05) is 24.6 Å². The van der Waals surface area contributed by atoms with Crippen molar-refractivity contribution in [3.8, 4) is 0 Å². The van der Waals surface area contributed by atoms with Crippen molar-refractivity contribution in [3.63, 3.8) is 0 Å². The third-order valence-electron chi connectivity index (χ3n) is 6.33. The Morgan fingerprint density at radius 3 is 2.67 bits per heavy atom. The SMILES string of the molecule is NC[C@H](CCCCO)c1ccc2c(c1)CC[C@@H](COCC1CCOCC1)C2.